The summed E-state index contributed by atoms with van der Waals surface area (Å²) in [6.07, 6.45) is -6.74. The Morgan fingerprint density at radius 2 is 1.60 bits per heavy atom. The molecule has 16 nitrogen and oxygen atoms in total. The Kier molecular flexibility index (Phi) is 8.18. The van der Waals surface area contributed by atoms with Gasteiger partial charge in [-0.2, -0.15) is 4.98 Å². The van der Waals surface area contributed by atoms with Crippen molar-refractivity contribution in [2.45, 2.75) is 55.9 Å². The first-order valence-electron chi connectivity index (χ1n) is 10.4. The van der Waals surface area contributed by atoms with Gasteiger partial charge in [0.05, 0.1) is 18.8 Å². The molecule has 2 aromatic rings. The Balaban J connectivity index is 0.000000196. The summed E-state index contributed by atoms with van der Waals surface area (Å²) in [5, 5.41) is 56.5. The number of nitrogens with one attached hydrogen (secondary N) is 2. The molecule has 0 amide bonds. The number of anilines is 1. The van der Waals surface area contributed by atoms with Crippen molar-refractivity contribution in [3.8, 4) is 0 Å². The van der Waals surface area contributed by atoms with Crippen molar-refractivity contribution in [1.82, 2.24) is 19.5 Å². The summed E-state index contributed by atoms with van der Waals surface area (Å²) in [4.78, 5) is 41.7. The number of nitrogen functional groups attached to an aromatic ring is 1. The first kappa shape index (κ1) is 26.6. The highest BCUT2D eigenvalue weighted by Gasteiger charge is 2.45. The summed E-state index contributed by atoms with van der Waals surface area (Å²) in [5.74, 6) is 0.1000. The van der Waals surface area contributed by atoms with E-state index in [1.807, 2.05) is 4.98 Å². The average molecular weight is 501 g/mol. The quantitative estimate of drug-likeness (QED) is 0.190. The molecule has 2 fully saturated rings. The lowest BCUT2D eigenvalue weighted by molar-refractivity contribution is -0.0550. The summed E-state index contributed by atoms with van der Waals surface area (Å²) < 4.78 is 11.4. The van der Waals surface area contributed by atoms with Crippen LogP contribution < -0.4 is 22.7 Å². The predicted octanol–water partition coefficient (Wildman–Crippen LogP) is -5.04. The number of hydrogen-bond donors (Lipinski definition) is 9. The average Bonchev–Trinajstić information content (AvgIpc) is 3.26. The molecular formula is C19H27N5O11. The van der Waals surface area contributed by atoms with Crippen molar-refractivity contribution in [3.63, 3.8) is 0 Å². The van der Waals surface area contributed by atoms with Gasteiger partial charge in [0.1, 0.15) is 48.5 Å². The number of aryl methyl sites for hydroxylation is 1. The van der Waals surface area contributed by atoms with Gasteiger partial charge in [0, 0.05) is 18.0 Å². The summed E-state index contributed by atoms with van der Waals surface area (Å²) in [6, 6.07) is 0. The molecule has 35 heavy (non-hydrogen) atoms. The van der Waals surface area contributed by atoms with Gasteiger partial charge in [-0.15, -0.1) is 0 Å². The van der Waals surface area contributed by atoms with E-state index in [0.29, 0.717) is 5.56 Å². The maximum absolute atomic E-state index is 11.7. The fraction of sp³-hybridized carbons (Fsp3) is 0.579. The van der Waals surface area contributed by atoms with Gasteiger partial charge in [-0.3, -0.25) is 14.3 Å². The third-order valence-electron chi connectivity index (χ3n) is 5.66. The fourth-order valence-corrected chi connectivity index (χ4v) is 3.66. The summed E-state index contributed by atoms with van der Waals surface area (Å²) >= 11 is 0. The molecule has 0 radical (unpaired) electrons. The van der Waals surface area contributed by atoms with Gasteiger partial charge >= 0.3 is 11.4 Å². The number of hydrogen-bond acceptors (Lipinski definition) is 13. The molecule has 10 N–H and O–H groups in total. The number of aromatic nitrogens is 4. The van der Waals surface area contributed by atoms with E-state index >= 15 is 0 Å². The van der Waals surface area contributed by atoms with Crippen LogP contribution in [-0.4, -0.2) is 100.0 Å². The van der Waals surface area contributed by atoms with Gasteiger partial charge in [-0.1, -0.05) is 0 Å². The Morgan fingerprint density at radius 3 is 2.14 bits per heavy atom. The van der Waals surface area contributed by atoms with Crippen LogP contribution in [0.2, 0.25) is 0 Å². The van der Waals surface area contributed by atoms with Crippen molar-refractivity contribution >= 4 is 5.82 Å². The van der Waals surface area contributed by atoms with Crippen LogP contribution in [0.3, 0.4) is 0 Å². The molecule has 194 valence electrons. The van der Waals surface area contributed by atoms with Crippen LogP contribution in [0.25, 0.3) is 0 Å². The third-order valence-corrected chi connectivity index (χ3v) is 5.66. The SMILES string of the molecule is Cc1cn([C@@H]2O[C@H](CO)[C@@H](O)[C@H]2O)c(=O)nc1N.O=c1[nH]cc([C@@H]2O[C@H](CO)[C@@H](O)[C@H]2O)c(=O)[nH]1. The maximum Gasteiger partial charge on any atom is 0.351 e. The number of aliphatic hydroxyl groups excluding tert-OH is 6. The van der Waals surface area contributed by atoms with Crippen LogP contribution in [0.1, 0.15) is 23.5 Å². The zero-order valence-electron chi connectivity index (χ0n) is 18.4. The fourth-order valence-electron chi connectivity index (χ4n) is 3.66. The molecule has 0 bridgehead atoms. The molecule has 0 spiro atoms. The van der Waals surface area contributed by atoms with Crippen molar-refractivity contribution in [1.29, 1.82) is 0 Å². The largest absolute Gasteiger partial charge is 0.394 e. The molecule has 4 rings (SSSR count). The molecule has 0 aromatic carbocycles. The number of nitrogens with two attached hydrogens (primary N) is 1. The minimum atomic E-state index is -1.33. The van der Waals surface area contributed by atoms with E-state index in [1.54, 1.807) is 6.92 Å². The highest BCUT2D eigenvalue weighted by atomic mass is 16.6. The van der Waals surface area contributed by atoms with Crippen LogP contribution in [0, 0.1) is 6.92 Å². The number of H-pyrrole nitrogens is 2. The first-order chi connectivity index (χ1) is 16.5. The zero-order valence-corrected chi connectivity index (χ0v) is 18.4. The van der Waals surface area contributed by atoms with Gasteiger partial charge in [-0.05, 0) is 6.92 Å². The van der Waals surface area contributed by atoms with E-state index in [4.69, 9.17) is 25.4 Å². The highest BCUT2D eigenvalue weighted by Crippen LogP contribution is 2.31. The molecule has 2 saturated heterocycles. The van der Waals surface area contributed by atoms with E-state index < -0.39 is 79.1 Å². The van der Waals surface area contributed by atoms with E-state index in [1.165, 1.54) is 6.20 Å². The Bertz CT molecular complexity index is 1200. The predicted molar refractivity (Wildman–Crippen MR) is 115 cm³/mol. The van der Waals surface area contributed by atoms with E-state index in [0.717, 1.165) is 10.8 Å². The van der Waals surface area contributed by atoms with Crippen LogP contribution in [-0.2, 0) is 9.47 Å². The Morgan fingerprint density at radius 1 is 1.00 bits per heavy atom. The topological polar surface area (TPSA) is 266 Å². The van der Waals surface area contributed by atoms with Gasteiger partial charge in [0.15, 0.2) is 6.23 Å². The molecular weight excluding hydrogens is 474 g/mol. The van der Waals surface area contributed by atoms with Crippen molar-refractivity contribution in [3.05, 3.63) is 54.8 Å². The second-order valence-electron chi connectivity index (χ2n) is 8.01. The second-order valence-corrected chi connectivity index (χ2v) is 8.01. The normalized spacial score (nSPS) is 32.3. The number of rotatable bonds is 4. The number of ether oxygens (including phenoxy) is 2. The lowest BCUT2D eigenvalue weighted by atomic mass is 10.0. The van der Waals surface area contributed by atoms with Crippen molar-refractivity contribution in [2.75, 3.05) is 18.9 Å². The van der Waals surface area contributed by atoms with Gasteiger partial charge < -0.3 is 50.8 Å². The first-order valence-corrected chi connectivity index (χ1v) is 10.4. The summed E-state index contributed by atoms with van der Waals surface area (Å²) in [6.45, 7) is 0.723. The molecule has 2 aliphatic heterocycles. The van der Waals surface area contributed by atoms with Gasteiger partial charge in [0.25, 0.3) is 5.56 Å². The molecule has 0 saturated carbocycles. The highest BCUT2D eigenvalue weighted by molar-refractivity contribution is 5.35. The van der Waals surface area contributed by atoms with Crippen LogP contribution in [0.15, 0.2) is 26.8 Å². The lowest BCUT2D eigenvalue weighted by Crippen LogP contribution is -2.36. The molecule has 2 aliphatic rings. The van der Waals surface area contributed by atoms with Gasteiger partial charge in [-0.25, -0.2) is 9.59 Å². The third kappa shape index (κ3) is 5.34. The van der Waals surface area contributed by atoms with E-state index in [-0.39, 0.29) is 11.4 Å². The smallest absolute Gasteiger partial charge is 0.351 e. The molecule has 4 heterocycles. The van der Waals surface area contributed by atoms with Crippen molar-refractivity contribution in [2.24, 2.45) is 0 Å². The van der Waals surface area contributed by atoms with E-state index in [2.05, 4.69) is 9.97 Å². The maximum atomic E-state index is 11.7. The second kappa shape index (κ2) is 10.8. The van der Waals surface area contributed by atoms with Crippen LogP contribution >= 0.6 is 0 Å². The Hall–Kier alpha value is -2.96. The van der Waals surface area contributed by atoms with E-state index in [9.17, 15) is 34.8 Å². The standard InChI is InChI=1S/C10H15N3O5.C9H12N2O6/c1-4-2-13(10(17)12-8(4)11)9-7(16)6(15)5(3-14)18-9;12-2-4-5(13)6(14)7(17-4)3-1-10-9(16)11-8(3)15/h2,5-7,9,14-16H,3H2,1H3,(H2,11,12,17);1,4-7,12-14H,2H2,(H2,10,11,15,16)/t5-,6-,7-,9-;4-,5-,6-,7+/m11/s1. The summed E-state index contributed by atoms with van der Waals surface area (Å²) in [5.41, 5.74) is 3.96. The molecule has 0 aliphatic carbocycles. The molecule has 0 unspecified atom stereocenters. The minimum absolute atomic E-state index is 0.00731. The zero-order chi connectivity index (χ0) is 26.0. The van der Waals surface area contributed by atoms with Crippen molar-refractivity contribution < 1.29 is 40.1 Å². The number of aromatic amines is 2. The monoisotopic (exact) mass is 501 g/mol. The molecule has 8 atom stereocenters. The van der Waals surface area contributed by atoms with Crippen LogP contribution in [0.5, 0.6) is 0 Å². The molecule has 2 aromatic heterocycles. The summed E-state index contributed by atoms with van der Waals surface area (Å²) in [7, 11) is 0. The minimum Gasteiger partial charge on any atom is -0.394 e. The molecule has 16 heteroatoms. The number of aliphatic hydroxyl groups is 6. The lowest BCUT2D eigenvalue weighted by Gasteiger charge is -2.17. The Labute approximate surface area is 195 Å². The van der Waals surface area contributed by atoms with Crippen LogP contribution in [0.4, 0.5) is 5.82 Å². The van der Waals surface area contributed by atoms with Gasteiger partial charge in [0.2, 0.25) is 0 Å². The number of nitrogens with zero attached hydrogens (tertiary/aromatic N) is 2.